The third-order valence-corrected chi connectivity index (χ3v) is 12.4. The Bertz CT molecular complexity index is 1660. The van der Waals surface area contributed by atoms with E-state index in [1.165, 1.54) is 6.92 Å². The second-order valence-corrected chi connectivity index (χ2v) is 16.5. The number of rotatable bonds is 6. The highest BCUT2D eigenvalue weighted by Crippen LogP contribution is 2.48. The largest absolute Gasteiger partial charge is 0.472 e. The third kappa shape index (κ3) is 7.61. The Hall–Kier alpha value is -3.60. The molecule has 0 radical (unpaired) electrons. The van der Waals surface area contributed by atoms with Crippen LogP contribution < -0.4 is 20.1 Å². The van der Waals surface area contributed by atoms with Crippen molar-refractivity contribution in [1.29, 1.82) is 0 Å². The number of aromatic nitrogens is 1. The Balaban J connectivity index is 1.50. The maximum Gasteiger partial charge on any atom is 0.423 e. The lowest BCUT2D eigenvalue weighted by molar-refractivity contribution is -0.142. The molecule has 13 nitrogen and oxygen atoms in total. The normalized spacial score (nSPS) is 31.7. The maximum absolute atomic E-state index is 14.1. The van der Waals surface area contributed by atoms with E-state index in [1.807, 2.05) is 13.0 Å². The average molecular weight is 734 g/mol. The van der Waals surface area contributed by atoms with E-state index in [1.54, 1.807) is 13.0 Å². The molecular weight excluding hydrogens is 695 g/mol. The number of fused-ring (bicyclic) bond motifs is 2. The zero-order valence-corrected chi connectivity index (χ0v) is 28.6. The number of nitrogens with one attached hydrogen (secondary N) is 3. The van der Waals surface area contributed by atoms with Gasteiger partial charge in [-0.15, -0.1) is 0 Å². The molecule has 4 aliphatic rings. The number of ether oxygens (including phenoxy) is 1. The van der Waals surface area contributed by atoms with Crippen molar-refractivity contribution >= 4 is 45.4 Å². The van der Waals surface area contributed by atoms with Gasteiger partial charge in [0.25, 0.3) is 5.91 Å². The number of nitrogens with zero attached hydrogens (tertiary/aromatic N) is 2. The summed E-state index contributed by atoms with van der Waals surface area (Å²) in [6, 6.07) is -1.84. The summed E-state index contributed by atoms with van der Waals surface area (Å²) in [6.07, 6.45) is -1.04. The second kappa shape index (κ2) is 13.3. The Morgan fingerprint density at radius 2 is 1.90 bits per heavy atom. The van der Waals surface area contributed by atoms with Gasteiger partial charge >= 0.3 is 12.3 Å². The number of alkyl halides is 3. The summed E-state index contributed by atoms with van der Waals surface area (Å²) in [7, 11) is -4.08. The van der Waals surface area contributed by atoms with Gasteiger partial charge in [-0.05, 0) is 63.4 Å². The number of allylic oxidation sites excluding steroid dienone is 1. The van der Waals surface area contributed by atoms with Crippen LogP contribution in [0.1, 0.15) is 71.3 Å². The summed E-state index contributed by atoms with van der Waals surface area (Å²) in [5.41, 5.74) is -3.03. The predicted octanol–water partition coefficient (Wildman–Crippen LogP) is 3.62. The molecule has 270 valence electrons. The number of pyridine rings is 1. The molecule has 0 bridgehead atoms. The maximum atomic E-state index is 14.1. The first-order chi connectivity index (χ1) is 22.8. The first kappa shape index (κ1) is 36.7. The highest BCUT2D eigenvalue weighted by molar-refractivity contribution is 7.91. The quantitative estimate of drug-likeness (QED) is 0.317. The Morgan fingerprint density at radius 1 is 1.20 bits per heavy atom. The summed E-state index contributed by atoms with van der Waals surface area (Å²) < 4.78 is 74.3. The molecule has 18 heteroatoms. The lowest BCUT2D eigenvalue weighted by atomic mass is 9.88. The smallest absolute Gasteiger partial charge is 0.423 e. The highest BCUT2D eigenvalue weighted by atomic mass is 35.5. The van der Waals surface area contributed by atoms with E-state index >= 15 is 0 Å². The zero-order chi connectivity index (χ0) is 36.1. The number of carboxylic acid groups (broad SMARTS) is 1. The zero-order valence-electron chi connectivity index (χ0n) is 27.0. The Morgan fingerprint density at radius 3 is 2.53 bits per heavy atom. The molecule has 4 N–H and O–H groups in total. The molecular formula is C31H39ClF3N5O8S. The highest BCUT2D eigenvalue weighted by Gasteiger charge is 2.63. The molecule has 49 heavy (non-hydrogen) atoms. The molecule has 1 saturated heterocycles. The van der Waals surface area contributed by atoms with Gasteiger partial charge in [0, 0.05) is 18.5 Å². The number of carbonyl (C=O) groups excluding carboxylic acids is 3. The van der Waals surface area contributed by atoms with Crippen LogP contribution in [-0.4, -0.2) is 82.2 Å². The van der Waals surface area contributed by atoms with Crippen LogP contribution in [0.4, 0.5) is 18.0 Å². The first-order valence-corrected chi connectivity index (χ1v) is 17.9. The fraction of sp³-hybridized carbons (Fsp3) is 0.645. The Kier molecular flexibility index (Phi) is 9.93. The molecule has 1 aromatic heterocycles. The lowest BCUT2D eigenvalue weighted by Gasteiger charge is -2.32. The minimum atomic E-state index is -4.95. The standard InChI is InChI=1S/C31H39ClF3N5O8S/c1-16-6-4-5-7-18-14-30(18,27(43)39-49(46,47)29(3)9-10-29)38-24(41)21-13-19(48-25-22(31(33,34)35)20(32)8-11-36-25)15-40(21)26(42)23(17(2)12-16)37-28(44)45/h5,7-8,11,16-19,21,23,37H,4,6,9-10,12-15H2,1-3H3,(H,38,41)(H,39,43)(H,44,45)/t16-,17-,18-,19-,21+,23+,30-/m1/s1. The van der Waals surface area contributed by atoms with E-state index in [2.05, 4.69) is 20.3 Å². The molecule has 0 spiro atoms. The molecule has 2 saturated carbocycles. The van der Waals surface area contributed by atoms with E-state index in [-0.39, 0.29) is 18.8 Å². The van der Waals surface area contributed by atoms with Crippen molar-refractivity contribution in [3.63, 3.8) is 0 Å². The van der Waals surface area contributed by atoms with Crippen molar-refractivity contribution < 1.29 is 50.6 Å². The van der Waals surface area contributed by atoms with Crippen molar-refractivity contribution in [2.75, 3.05) is 6.54 Å². The van der Waals surface area contributed by atoms with Crippen LogP contribution in [0.25, 0.3) is 0 Å². The monoisotopic (exact) mass is 733 g/mol. The van der Waals surface area contributed by atoms with Crippen LogP contribution in [0.2, 0.25) is 5.02 Å². The molecule has 5 rings (SSSR count). The van der Waals surface area contributed by atoms with Crippen LogP contribution in [-0.2, 0) is 30.6 Å². The van der Waals surface area contributed by atoms with Gasteiger partial charge in [-0.1, -0.05) is 37.6 Å². The average Bonchev–Trinajstić information content (AvgIpc) is 3.87. The first-order valence-electron chi connectivity index (χ1n) is 16.0. The molecule has 0 unspecified atom stereocenters. The van der Waals surface area contributed by atoms with Gasteiger partial charge in [0.2, 0.25) is 27.7 Å². The van der Waals surface area contributed by atoms with Crippen molar-refractivity contribution in [2.45, 2.75) is 100 Å². The second-order valence-electron chi connectivity index (χ2n) is 13.9. The van der Waals surface area contributed by atoms with E-state index < -0.39 is 103 Å². The molecule has 1 aromatic rings. The van der Waals surface area contributed by atoms with Gasteiger partial charge < -0.3 is 25.4 Å². The summed E-state index contributed by atoms with van der Waals surface area (Å²) >= 11 is 5.84. The van der Waals surface area contributed by atoms with E-state index in [0.717, 1.165) is 17.2 Å². The molecule has 4 amide bonds. The molecule has 7 atom stereocenters. The fourth-order valence-electron chi connectivity index (χ4n) is 6.65. The fourth-order valence-corrected chi connectivity index (χ4v) is 8.21. The minimum Gasteiger partial charge on any atom is -0.472 e. The molecule has 2 aliphatic heterocycles. The molecule has 3 fully saturated rings. The number of hydrogen-bond acceptors (Lipinski definition) is 8. The molecule has 0 aromatic carbocycles. The van der Waals surface area contributed by atoms with Crippen LogP contribution in [0.3, 0.4) is 0 Å². The number of hydrogen-bond donors (Lipinski definition) is 4. The van der Waals surface area contributed by atoms with E-state index in [9.17, 15) is 45.9 Å². The van der Waals surface area contributed by atoms with Crippen molar-refractivity contribution in [2.24, 2.45) is 17.8 Å². The van der Waals surface area contributed by atoms with E-state index in [0.29, 0.717) is 32.1 Å². The van der Waals surface area contributed by atoms with Gasteiger partial charge in [0.1, 0.15) is 29.3 Å². The molecule has 2 aliphatic carbocycles. The SMILES string of the molecule is C[C@@H]1CCC=C[C@@H]2C[C@@]2(C(=O)NS(=O)(=O)C2(C)CC2)NC(=O)[C@@H]2C[C@@H](Oc3nccc(Cl)c3C(F)(F)F)CN2C(=O)[C@@H](NC(=O)O)[C@H](C)C1. The molecule has 3 heterocycles. The van der Waals surface area contributed by atoms with Gasteiger partial charge in [0.05, 0.1) is 16.3 Å². The minimum absolute atomic E-state index is 0.0206. The van der Waals surface area contributed by atoms with Crippen molar-refractivity contribution in [3.8, 4) is 5.88 Å². The summed E-state index contributed by atoms with van der Waals surface area (Å²) in [6.45, 7) is 4.69. The van der Waals surface area contributed by atoms with Crippen LogP contribution in [0, 0.1) is 17.8 Å². The van der Waals surface area contributed by atoms with Gasteiger partial charge in [-0.25, -0.2) is 18.2 Å². The summed E-state index contributed by atoms with van der Waals surface area (Å²) in [5.74, 6) is -4.63. The van der Waals surface area contributed by atoms with Crippen LogP contribution in [0.5, 0.6) is 5.88 Å². The van der Waals surface area contributed by atoms with Crippen molar-refractivity contribution in [3.05, 3.63) is 35.0 Å². The Labute approximate surface area is 286 Å². The number of carbonyl (C=O) groups is 4. The lowest BCUT2D eigenvalue weighted by Crippen LogP contribution is -2.59. The van der Waals surface area contributed by atoms with Crippen LogP contribution in [0.15, 0.2) is 24.4 Å². The predicted molar refractivity (Wildman–Crippen MR) is 169 cm³/mol. The topological polar surface area (TPSA) is 184 Å². The van der Waals surface area contributed by atoms with Gasteiger partial charge in [0.15, 0.2) is 0 Å². The van der Waals surface area contributed by atoms with Gasteiger partial charge in [-0.2, -0.15) is 13.2 Å². The van der Waals surface area contributed by atoms with E-state index in [4.69, 9.17) is 16.3 Å². The van der Waals surface area contributed by atoms with Gasteiger partial charge in [-0.3, -0.25) is 19.1 Å². The summed E-state index contributed by atoms with van der Waals surface area (Å²) in [4.78, 5) is 58.4. The summed E-state index contributed by atoms with van der Waals surface area (Å²) in [5, 5.41) is 13.8. The number of amides is 4. The number of halogens is 4. The van der Waals surface area contributed by atoms with Crippen molar-refractivity contribution in [1.82, 2.24) is 25.2 Å². The number of sulfonamides is 1. The third-order valence-electron chi connectivity index (χ3n) is 9.95. The van der Waals surface area contributed by atoms with Crippen LogP contribution >= 0.6 is 11.6 Å².